The monoisotopic (exact) mass is 486 g/mol. The van der Waals surface area contributed by atoms with Gasteiger partial charge in [0.05, 0.1) is 34.4 Å². The number of amides is 1. The number of anilines is 2. The van der Waals surface area contributed by atoms with Crippen molar-refractivity contribution in [1.82, 2.24) is 14.7 Å². The molecule has 2 saturated heterocycles. The first kappa shape index (κ1) is 25.4. The van der Waals surface area contributed by atoms with Crippen molar-refractivity contribution in [3.05, 3.63) is 71.5 Å². The molecule has 3 aromatic rings. The summed E-state index contributed by atoms with van der Waals surface area (Å²) in [5.74, 6) is -0.244. The Morgan fingerprint density at radius 2 is 1.81 bits per heavy atom. The van der Waals surface area contributed by atoms with Crippen LogP contribution >= 0.6 is 0 Å². The van der Waals surface area contributed by atoms with Gasteiger partial charge in [0.1, 0.15) is 6.07 Å². The van der Waals surface area contributed by atoms with E-state index in [9.17, 15) is 10.1 Å². The molecule has 1 aromatic heterocycles. The smallest absolute Gasteiger partial charge is 0.259 e. The number of carbonyl (C=O) groups excluding carboxylic acids is 1. The number of rotatable bonds is 5. The predicted molar refractivity (Wildman–Crippen MR) is 142 cm³/mol. The number of benzene rings is 2. The molecule has 8 heteroatoms. The second kappa shape index (κ2) is 11.4. The van der Waals surface area contributed by atoms with Crippen molar-refractivity contribution in [3.8, 4) is 11.8 Å². The van der Waals surface area contributed by atoms with E-state index in [1.165, 1.54) is 0 Å². The molecule has 8 nitrogen and oxygen atoms in total. The fourth-order valence-electron chi connectivity index (χ4n) is 5.02. The number of ether oxygens (including phenoxy) is 1. The Bertz CT molecular complexity index is 1220. The highest BCUT2D eigenvalue weighted by molar-refractivity contribution is 6.05. The van der Waals surface area contributed by atoms with Crippen LogP contribution in [0.4, 0.5) is 11.4 Å². The summed E-state index contributed by atoms with van der Waals surface area (Å²) >= 11 is 0. The van der Waals surface area contributed by atoms with Crippen LogP contribution in [0.25, 0.3) is 5.69 Å². The highest BCUT2D eigenvalue weighted by atomic mass is 16.5. The molecule has 1 amide bonds. The van der Waals surface area contributed by atoms with Gasteiger partial charge in [0.25, 0.3) is 5.91 Å². The quantitative estimate of drug-likeness (QED) is 0.581. The predicted octanol–water partition coefficient (Wildman–Crippen LogP) is 4.24. The molecule has 188 valence electrons. The van der Waals surface area contributed by atoms with E-state index >= 15 is 0 Å². The summed E-state index contributed by atoms with van der Waals surface area (Å²) in [6.45, 7) is 7.31. The standard InChI is InChI=1S/C27H30N6O2.CH4/c1-20-25(19-29-33(20)24-5-3-2-4-6-24)27(34)30-22-7-8-26(21(17-22)18-28)32-13-11-31(12-14-32)23-9-15-35-16-10-23;/h2-8,17,19,23H,9-16H2,1H3,(H,30,34);1H4. The molecule has 2 aromatic carbocycles. The molecule has 0 aliphatic carbocycles. The third kappa shape index (κ3) is 5.27. The van der Waals surface area contributed by atoms with Crippen molar-refractivity contribution >= 4 is 17.3 Å². The Balaban J connectivity index is 0.00000304. The third-order valence-electron chi connectivity index (χ3n) is 6.99. The summed E-state index contributed by atoms with van der Waals surface area (Å²) in [4.78, 5) is 17.8. The van der Waals surface area contributed by atoms with Gasteiger partial charge in [0.2, 0.25) is 0 Å². The number of nitrogens with one attached hydrogen (secondary N) is 1. The minimum atomic E-state index is -0.244. The van der Waals surface area contributed by atoms with E-state index in [1.807, 2.05) is 49.4 Å². The second-order valence-electron chi connectivity index (χ2n) is 9.06. The molecule has 3 heterocycles. The van der Waals surface area contributed by atoms with Crippen molar-refractivity contribution in [2.24, 2.45) is 0 Å². The number of aromatic nitrogens is 2. The molecule has 0 saturated carbocycles. The zero-order chi connectivity index (χ0) is 24.2. The first-order valence-electron chi connectivity index (χ1n) is 12.2. The Morgan fingerprint density at radius 1 is 1.08 bits per heavy atom. The van der Waals surface area contributed by atoms with Gasteiger partial charge in [-0.05, 0) is 50.1 Å². The molecule has 5 rings (SSSR count). The molecule has 0 unspecified atom stereocenters. The second-order valence-corrected chi connectivity index (χ2v) is 9.06. The number of hydrogen-bond donors (Lipinski definition) is 1. The minimum absolute atomic E-state index is 0. The molecule has 0 atom stereocenters. The van der Waals surface area contributed by atoms with Gasteiger partial charge in [-0.3, -0.25) is 9.69 Å². The first-order valence-corrected chi connectivity index (χ1v) is 12.2. The van der Waals surface area contributed by atoms with Crippen LogP contribution in [0.15, 0.2) is 54.7 Å². The summed E-state index contributed by atoms with van der Waals surface area (Å²) in [6.07, 6.45) is 3.78. The lowest BCUT2D eigenvalue weighted by Crippen LogP contribution is -2.51. The Morgan fingerprint density at radius 3 is 2.50 bits per heavy atom. The zero-order valence-electron chi connectivity index (χ0n) is 20.0. The molecule has 1 N–H and O–H groups in total. The molecule has 0 radical (unpaired) electrons. The van der Waals surface area contributed by atoms with Crippen molar-refractivity contribution in [2.75, 3.05) is 49.6 Å². The average Bonchev–Trinajstić information content (AvgIpc) is 3.31. The van der Waals surface area contributed by atoms with Crippen molar-refractivity contribution < 1.29 is 9.53 Å². The number of nitriles is 1. The van der Waals surface area contributed by atoms with Crippen molar-refractivity contribution in [1.29, 1.82) is 5.26 Å². The average molecular weight is 487 g/mol. The number of piperazine rings is 1. The van der Waals surface area contributed by atoms with Gasteiger partial charge < -0.3 is 15.0 Å². The van der Waals surface area contributed by atoms with E-state index in [2.05, 4.69) is 26.3 Å². The maximum atomic E-state index is 13.0. The van der Waals surface area contributed by atoms with Crippen LogP contribution in [-0.4, -0.2) is 66.0 Å². The van der Waals surface area contributed by atoms with Gasteiger partial charge in [-0.25, -0.2) is 4.68 Å². The number of carbonyl (C=O) groups is 1. The molecular weight excluding hydrogens is 452 g/mol. The highest BCUT2D eigenvalue weighted by Crippen LogP contribution is 2.27. The summed E-state index contributed by atoms with van der Waals surface area (Å²) in [5, 5.41) is 17.1. The molecule has 2 aliphatic rings. The van der Waals surface area contributed by atoms with Gasteiger partial charge >= 0.3 is 0 Å². The van der Waals surface area contributed by atoms with Crippen LogP contribution < -0.4 is 10.2 Å². The maximum Gasteiger partial charge on any atom is 0.259 e. The van der Waals surface area contributed by atoms with E-state index in [4.69, 9.17) is 4.74 Å². The Labute approximate surface area is 213 Å². The third-order valence-corrected chi connectivity index (χ3v) is 6.99. The summed E-state index contributed by atoms with van der Waals surface area (Å²) in [6, 6.07) is 18.2. The molecule has 0 bridgehead atoms. The fourth-order valence-corrected chi connectivity index (χ4v) is 5.02. The van der Waals surface area contributed by atoms with Crippen molar-refractivity contribution in [2.45, 2.75) is 33.2 Å². The number of hydrogen-bond acceptors (Lipinski definition) is 6. The Kier molecular flexibility index (Phi) is 8.04. The maximum absolute atomic E-state index is 13.0. The normalized spacial score (nSPS) is 16.7. The minimum Gasteiger partial charge on any atom is -0.381 e. The first-order chi connectivity index (χ1) is 17.1. The van der Waals surface area contributed by atoms with E-state index in [0.717, 1.165) is 69.3 Å². The topological polar surface area (TPSA) is 86.4 Å². The largest absolute Gasteiger partial charge is 0.381 e. The van der Waals surface area contributed by atoms with Gasteiger partial charge in [-0.1, -0.05) is 25.6 Å². The molecule has 0 spiro atoms. The summed E-state index contributed by atoms with van der Waals surface area (Å²) in [5.41, 5.74) is 4.25. The lowest BCUT2D eigenvalue weighted by atomic mass is 10.1. The number of para-hydroxylation sites is 1. The van der Waals surface area contributed by atoms with Gasteiger partial charge in [-0.2, -0.15) is 10.4 Å². The van der Waals surface area contributed by atoms with Crippen LogP contribution in [-0.2, 0) is 4.74 Å². The van der Waals surface area contributed by atoms with Crippen LogP contribution in [0.3, 0.4) is 0 Å². The van der Waals surface area contributed by atoms with E-state index in [1.54, 1.807) is 16.9 Å². The van der Waals surface area contributed by atoms with Gasteiger partial charge in [-0.15, -0.1) is 0 Å². The van der Waals surface area contributed by atoms with Gasteiger partial charge in [0, 0.05) is 51.1 Å². The lowest BCUT2D eigenvalue weighted by molar-refractivity contribution is 0.0321. The zero-order valence-corrected chi connectivity index (χ0v) is 20.0. The number of nitrogens with zero attached hydrogens (tertiary/aromatic N) is 5. The fraction of sp³-hybridized carbons (Fsp3) is 0.393. The molecular formula is C28H34N6O2. The van der Waals surface area contributed by atoms with Crippen LogP contribution in [0.2, 0.25) is 0 Å². The van der Waals surface area contributed by atoms with Gasteiger partial charge in [0.15, 0.2) is 0 Å². The molecule has 2 fully saturated rings. The SMILES string of the molecule is C.Cc1c(C(=O)Nc2ccc(N3CCN(C4CCOCC4)CC3)c(C#N)c2)cnn1-c1ccccc1. The van der Waals surface area contributed by atoms with E-state index < -0.39 is 0 Å². The van der Waals surface area contributed by atoms with Crippen LogP contribution in [0.5, 0.6) is 0 Å². The Hall–Kier alpha value is -3.67. The van der Waals surface area contributed by atoms with Crippen LogP contribution in [0.1, 0.15) is 41.9 Å². The lowest BCUT2D eigenvalue weighted by Gasteiger charge is -2.41. The molecule has 36 heavy (non-hydrogen) atoms. The summed E-state index contributed by atoms with van der Waals surface area (Å²) in [7, 11) is 0. The van der Waals surface area contributed by atoms with E-state index in [-0.39, 0.29) is 13.3 Å². The van der Waals surface area contributed by atoms with Crippen molar-refractivity contribution in [3.63, 3.8) is 0 Å². The van der Waals surface area contributed by atoms with Crippen LogP contribution in [0, 0.1) is 18.3 Å². The highest BCUT2D eigenvalue weighted by Gasteiger charge is 2.26. The van der Waals surface area contributed by atoms with E-state index in [0.29, 0.717) is 22.9 Å². The summed E-state index contributed by atoms with van der Waals surface area (Å²) < 4.78 is 7.25. The molecule has 2 aliphatic heterocycles.